The van der Waals surface area contributed by atoms with Crippen LogP contribution in [-0.2, 0) is 11.2 Å². The van der Waals surface area contributed by atoms with Crippen molar-refractivity contribution in [1.29, 1.82) is 0 Å². The maximum atomic E-state index is 13.1. The fourth-order valence-electron chi connectivity index (χ4n) is 6.38. The van der Waals surface area contributed by atoms with Crippen LogP contribution in [0.2, 0.25) is 0 Å². The molecule has 2 fully saturated rings. The van der Waals surface area contributed by atoms with Crippen LogP contribution in [0.1, 0.15) is 71.4 Å². The fraction of sp³-hybridized carbons (Fsp3) is 0.679. The third kappa shape index (κ3) is 4.54. The van der Waals surface area contributed by atoms with Gasteiger partial charge in [0.25, 0.3) is 0 Å². The minimum atomic E-state index is -1.53. The van der Waals surface area contributed by atoms with E-state index >= 15 is 0 Å². The van der Waals surface area contributed by atoms with Crippen LogP contribution in [0, 0.1) is 41.9 Å². The van der Waals surface area contributed by atoms with E-state index in [0.717, 1.165) is 11.1 Å². The Kier molecular flexibility index (Phi) is 7.26. The SMILES string of the molecule is Cc1ccc(O)cc1CC[C@]1(O)C(=O)CC[C@]2(C)[C@@H]([C@H](C)/C=C/[C@@H](C)C(C)C)C[C@@H](O)[C@H]21. The number of Topliss-reactive ketones (excluding diaryl/α,β-unsaturated/α-hetero) is 1. The third-order valence-electron chi connectivity index (χ3n) is 8.84. The van der Waals surface area contributed by atoms with Crippen molar-refractivity contribution in [3.05, 3.63) is 41.5 Å². The maximum Gasteiger partial charge on any atom is 0.164 e. The van der Waals surface area contributed by atoms with E-state index in [-0.39, 0.29) is 35.2 Å². The summed E-state index contributed by atoms with van der Waals surface area (Å²) in [6, 6.07) is 5.22. The molecule has 3 N–H and O–H groups in total. The Labute approximate surface area is 193 Å². The number of phenolic OH excluding ortho intramolecular Hbond substituents is 1. The molecule has 0 amide bonds. The van der Waals surface area contributed by atoms with Crippen LogP contribution >= 0.6 is 0 Å². The number of aliphatic hydroxyl groups excluding tert-OH is 1. The van der Waals surface area contributed by atoms with Crippen molar-refractivity contribution >= 4 is 5.78 Å². The van der Waals surface area contributed by atoms with Crippen molar-refractivity contribution in [2.45, 2.75) is 85.4 Å². The van der Waals surface area contributed by atoms with Crippen LogP contribution < -0.4 is 0 Å². The van der Waals surface area contributed by atoms with Crippen LogP contribution in [0.5, 0.6) is 5.75 Å². The van der Waals surface area contributed by atoms with Crippen molar-refractivity contribution in [3.63, 3.8) is 0 Å². The van der Waals surface area contributed by atoms with E-state index in [4.69, 9.17) is 0 Å². The molecule has 2 saturated carbocycles. The minimum absolute atomic E-state index is 0.144. The zero-order valence-corrected chi connectivity index (χ0v) is 20.6. The molecule has 7 atom stereocenters. The second-order valence-corrected chi connectivity index (χ2v) is 11.2. The van der Waals surface area contributed by atoms with E-state index in [1.165, 1.54) is 0 Å². The minimum Gasteiger partial charge on any atom is -0.508 e. The van der Waals surface area contributed by atoms with Gasteiger partial charge >= 0.3 is 0 Å². The van der Waals surface area contributed by atoms with Gasteiger partial charge < -0.3 is 15.3 Å². The van der Waals surface area contributed by atoms with Crippen LogP contribution in [0.15, 0.2) is 30.4 Å². The lowest BCUT2D eigenvalue weighted by atomic mass is 9.56. The molecular formula is C28H42O4. The molecule has 0 aromatic heterocycles. The Morgan fingerprint density at radius 2 is 1.88 bits per heavy atom. The van der Waals surface area contributed by atoms with Crippen molar-refractivity contribution in [1.82, 2.24) is 0 Å². The van der Waals surface area contributed by atoms with Crippen molar-refractivity contribution < 1.29 is 20.1 Å². The van der Waals surface area contributed by atoms with E-state index in [9.17, 15) is 20.1 Å². The number of carbonyl (C=O) groups excluding carboxylic acids is 1. The van der Waals surface area contributed by atoms with Gasteiger partial charge in [-0.05, 0) is 85.0 Å². The first-order valence-corrected chi connectivity index (χ1v) is 12.3. The molecule has 0 saturated heterocycles. The quantitative estimate of drug-likeness (QED) is 0.506. The van der Waals surface area contributed by atoms with E-state index in [2.05, 4.69) is 46.8 Å². The number of allylic oxidation sites excluding steroid dienone is 2. The highest BCUT2D eigenvalue weighted by molar-refractivity contribution is 5.88. The van der Waals surface area contributed by atoms with E-state index in [1.54, 1.807) is 12.1 Å². The lowest BCUT2D eigenvalue weighted by Crippen LogP contribution is -2.58. The number of ketones is 1. The van der Waals surface area contributed by atoms with E-state index < -0.39 is 17.6 Å². The molecule has 0 bridgehead atoms. The zero-order chi connectivity index (χ0) is 23.8. The van der Waals surface area contributed by atoms with Gasteiger partial charge in [-0.15, -0.1) is 0 Å². The van der Waals surface area contributed by atoms with Gasteiger partial charge in [-0.25, -0.2) is 0 Å². The predicted octanol–water partition coefficient (Wildman–Crippen LogP) is 5.21. The number of rotatable bonds is 7. The smallest absolute Gasteiger partial charge is 0.164 e. The summed E-state index contributed by atoms with van der Waals surface area (Å²) in [5, 5.41) is 32.8. The number of hydrogen-bond donors (Lipinski definition) is 3. The molecule has 0 unspecified atom stereocenters. The largest absolute Gasteiger partial charge is 0.508 e. The number of fused-ring (bicyclic) bond motifs is 1. The number of benzene rings is 1. The molecule has 3 rings (SSSR count). The van der Waals surface area contributed by atoms with Gasteiger partial charge in [0.2, 0.25) is 0 Å². The maximum absolute atomic E-state index is 13.1. The molecule has 0 heterocycles. The first-order valence-electron chi connectivity index (χ1n) is 12.3. The lowest BCUT2D eigenvalue weighted by molar-refractivity contribution is -0.169. The van der Waals surface area contributed by atoms with E-state index in [0.29, 0.717) is 37.5 Å². The van der Waals surface area contributed by atoms with Crippen molar-refractivity contribution in [3.8, 4) is 5.75 Å². The lowest BCUT2D eigenvalue weighted by Gasteiger charge is -2.50. The molecule has 1 aromatic rings. The standard InChI is InChI=1S/C28H42O4/c1-17(2)18(3)7-8-20(5)23-16-24(30)26-27(23,6)13-12-25(31)28(26,32)14-11-21-15-22(29)10-9-19(21)4/h7-10,15,17-18,20,23-24,26,29-30,32H,11-14,16H2,1-6H3/b8-7+/t18-,20-,23-,24-,26-,27-,28+/m1/s1. The highest BCUT2D eigenvalue weighted by Gasteiger charge is 2.64. The summed E-state index contributed by atoms with van der Waals surface area (Å²) >= 11 is 0. The third-order valence-corrected chi connectivity index (χ3v) is 8.84. The number of aromatic hydroxyl groups is 1. The number of aliphatic hydroxyl groups is 2. The summed E-state index contributed by atoms with van der Waals surface area (Å²) in [7, 11) is 0. The molecule has 32 heavy (non-hydrogen) atoms. The zero-order valence-electron chi connectivity index (χ0n) is 20.6. The average Bonchev–Trinajstić information content (AvgIpc) is 3.01. The Hall–Kier alpha value is -1.65. The van der Waals surface area contributed by atoms with Gasteiger partial charge in [0.1, 0.15) is 11.4 Å². The normalized spacial score (nSPS) is 34.8. The van der Waals surface area contributed by atoms with Crippen LogP contribution in [0.25, 0.3) is 0 Å². The molecule has 0 aliphatic heterocycles. The van der Waals surface area contributed by atoms with Crippen molar-refractivity contribution in [2.24, 2.45) is 35.0 Å². The summed E-state index contributed by atoms with van der Waals surface area (Å²) in [5.74, 6) is 1.14. The number of carbonyl (C=O) groups is 1. The molecule has 178 valence electrons. The van der Waals surface area contributed by atoms with Crippen molar-refractivity contribution in [2.75, 3.05) is 0 Å². The topological polar surface area (TPSA) is 77.8 Å². The molecule has 4 nitrogen and oxygen atoms in total. The van der Waals surface area contributed by atoms with Gasteiger partial charge in [0.05, 0.1) is 6.10 Å². The molecule has 2 aliphatic rings. The van der Waals surface area contributed by atoms with Crippen LogP contribution in [-0.4, -0.2) is 32.8 Å². The molecule has 1 aromatic carbocycles. The number of hydrogen-bond acceptors (Lipinski definition) is 4. The van der Waals surface area contributed by atoms with Gasteiger partial charge in [-0.2, -0.15) is 0 Å². The molecular weight excluding hydrogens is 400 g/mol. The molecule has 0 radical (unpaired) electrons. The first kappa shape index (κ1) is 25.0. The fourth-order valence-corrected chi connectivity index (χ4v) is 6.38. The highest BCUT2D eigenvalue weighted by atomic mass is 16.3. The Bertz CT molecular complexity index is 859. The average molecular weight is 443 g/mol. The van der Waals surface area contributed by atoms with Crippen LogP contribution in [0.3, 0.4) is 0 Å². The van der Waals surface area contributed by atoms with Gasteiger partial charge in [-0.1, -0.05) is 52.8 Å². The summed E-state index contributed by atoms with van der Waals surface area (Å²) in [6.07, 6.45) is 6.31. The Morgan fingerprint density at radius 1 is 1.19 bits per heavy atom. The second-order valence-electron chi connectivity index (χ2n) is 11.2. The van der Waals surface area contributed by atoms with Gasteiger partial charge in [0.15, 0.2) is 5.78 Å². The molecule has 4 heteroatoms. The Balaban J connectivity index is 1.85. The predicted molar refractivity (Wildman–Crippen MR) is 128 cm³/mol. The van der Waals surface area contributed by atoms with Gasteiger partial charge in [-0.3, -0.25) is 4.79 Å². The van der Waals surface area contributed by atoms with E-state index in [1.807, 2.05) is 13.0 Å². The Morgan fingerprint density at radius 3 is 2.53 bits per heavy atom. The first-order chi connectivity index (χ1) is 14.9. The molecule has 0 spiro atoms. The summed E-state index contributed by atoms with van der Waals surface area (Å²) in [5.41, 5.74) is 0.135. The summed E-state index contributed by atoms with van der Waals surface area (Å²) < 4.78 is 0. The monoisotopic (exact) mass is 442 g/mol. The number of aryl methyl sites for hydroxylation is 2. The summed E-state index contributed by atoms with van der Waals surface area (Å²) in [4.78, 5) is 13.1. The second kappa shape index (κ2) is 9.30. The van der Waals surface area contributed by atoms with Gasteiger partial charge in [0, 0.05) is 12.3 Å². The summed E-state index contributed by atoms with van der Waals surface area (Å²) in [6.45, 7) is 13.0. The highest BCUT2D eigenvalue weighted by Crippen LogP contribution is 2.60. The number of phenols is 1. The molecule has 2 aliphatic carbocycles. The van der Waals surface area contributed by atoms with Crippen LogP contribution in [0.4, 0.5) is 0 Å².